The van der Waals surface area contributed by atoms with Crippen LogP contribution < -0.4 is 5.32 Å². The fourth-order valence-electron chi connectivity index (χ4n) is 2.68. The minimum Gasteiger partial charge on any atom is -0.478 e. The summed E-state index contributed by atoms with van der Waals surface area (Å²) in [7, 11) is 0. The van der Waals surface area contributed by atoms with E-state index >= 15 is 0 Å². The molecule has 0 saturated heterocycles. The monoisotopic (exact) mass is 319 g/mol. The van der Waals surface area contributed by atoms with Gasteiger partial charge in [-0.05, 0) is 50.8 Å². The Balaban J connectivity index is 0.00000176. The van der Waals surface area contributed by atoms with Crippen LogP contribution in [0.15, 0.2) is 18.2 Å². The van der Waals surface area contributed by atoms with Crippen molar-refractivity contribution < 1.29 is 9.90 Å². The second-order valence-corrected chi connectivity index (χ2v) is 5.36. The lowest BCUT2D eigenvalue weighted by Gasteiger charge is -2.13. The molecule has 0 fully saturated rings. The number of halogens is 1. The van der Waals surface area contributed by atoms with Crippen LogP contribution in [0.2, 0.25) is 0 Å². The van der Waals surface area contributed by atoms with E-state index < -0.39 is 5.97 Å². The first-order chi connectivity index (χ1) is 10.0. The molecule has 6 heteroatoms. The Morgan fingerprint density at radius 2 is 2.00 bits per heavy atom. The number of carboxylic acid groups (broad SMARTS) is 1. The zero-order chi connectivity index (χ0) is 15.0. The fourth-order valence-corrected chi connectivity index (χ4v) is 2.68. The fraction of sp³-hybridized carbons (Fsp3) is 0.312. The molecule has 1 aliphatic rings. The standard InChI is InChI=1S/C16H17N3O2.ClH/c1-9-6-7-11(16(20)21)8-14(9)19-15-12-4-3-5-13(12)17-10(2)18-15;/h6-8H,3-5H2,1-2H3,(H,20,21)(H,17,18,19);1H. The molecule has 2 aromatic rings. The number of carboxylic acids is 1. The van der Waals surface area contributed by atoms with Crippen molar-refractivity contribution in [3.05, 3.63) is 46.4 Å². The average Bonchev–Trinajstić information content (AvgIpc) is 2.89. The summed E-state index contributed by atoms with van der Waals surface area (Å²) < 4.78 is 0. The summed E-state index contributed by atoms with van der Waals surface area (Å²) >= 11 is 0. The number of rotatable bonds is 3. The number of fused-ring (bicyclic) bond motifs is 1. The van der Waals surface area contributed by atoms with Crippen molar-refractivity contribution >= 4 is 29.9 Å². The number of benzene rings is 1. The molecular formula is C16H18ClN3O2. The lowest BCUT2D eigenvalue weighted by Crippen LogP contribution is -2.05. The van der Waals surface area contributed by atoms with Gasteiger partial charge < -0.3 is 10.4 Å². The van der Waals surface area contributed by atoms with Gasteiger partial charge in [-0.3, -0.25) is 0 Å². The summed E-state index contributed by atoms with van der Waals surface area (Å²) in [5.74, 6) is 0.618. The lowest BCUT2D eigenvalue weighted by molar-refractivity contribution is 0.0697. The summed E-state index contributed by atoms with van der Waals surface area (Å²) in [4.78, 5) is 20.1. The second kappa shape index (κ2) is 6.32. The number of aromatic carboxylic acids is 1. The number of nitrogens with zero attached hydrogens (tertiary/aromatic N) is 2. The van der Waals surface area contributed by atoms with Gasteiger partial charge >= 0.3 is 5.97 Å². The summed E-state index contributed by atoms with van der Waals surface area (Å²) in [5, 5.41) is 12.4. The molecule has 1 aromatic carbocycles. The topological polar surface area (TPSA) is 75.1 Å². The van der Waals surface area contributed by atoms with E-state index in [9.17, 15) is 4.79 Å². The molecule has 0 bridgehead atoms. The lowest BCUT2D eigenvalue weighted by atomic mass is 10.1. The number of nitrogens with one attached hydrogen (secondary N) is 1. The van der Waals surface area contributed by atoms with Crippen LogP contribution >= 0.6 is 12.4 Å². The predicted molar refractivity (Wildman–Crippen MR) is 87.5 cm³/mol. The molecule has 3 rings (SSSR count). The van der Waals surface area contributed by atoms with E-state index in [1.807, 2.05) is 13.8 Å². The first-order valence-corrected chi connectivity index (χ1v) is 7.02. The van der Waals surface area contributed by atoms with Crippen molar-refractivity contribution in [3.8, 4) is 0 Å². The van der Waals surface area contributed by atoms with E-state index in [0.29, 0.717) is 0 Å². The highest BCUT2D eigenvalue weighted by atomic mass is 35.5. The molecule has 116 valence electrons. The number of hydrogen-bond acceptors (Lipinski definition) is 4. The molecule has 2 N–H and O–H groups in total. The maximum Gasteiger partial charge on any atom is 0.335 e. The molecule has 1 aromatic heterocycles. The number of aromatic nitrogens is 2. The normalized spacial score (nSPS) is 12.5. The maximum atomic E-state index is 11.1. The molecule has 0 amide bonds. The average molecular weight is 320 g/mol. The van der Waals surface area contributed by atoms with Crippen LogP contribution in [0.4, 0.5) is 11.5 Å². The van der Waals surface area contributed by atoms with E-state index in [2.05, 4.69) is 15.3 Å². The van der Waals surface area contributed by atoms with Gasteiger partial charge in [-0.2, -0.15) is 0 Å². The van der Waals surface area contributed by atoms with Crippen molar-refractivity contribution in [2.75, 3.05) is 5.32 Å². The Labute approximate surface area is 135 Å². The number of anilines is 2. The Kier molecular flexibility index (Phi) is 4.66. The van der Waals surface area contributed by atoms with Gasteiger partial charge in [0.15, 0.2) is 0 Å². The van der Waals surface area contributed by atoms with Crippen molar-refractivity contribution in [3.63, 3.8) is 0 Å². The molecule has 1 aliphatic carbocycles. The van der Waals surface area contributed by atoms with Crippen LogP contribution in [-0.4, -0.2) is 21.0 Å². The molecule has 0 atom stereocenters. The van der Waals surface area contributed by atoms with Crippen LogP contribution in [0.25, 0.3) is 0 Å². The molecule has 0 aliphatic heterocycles. The van der Waals surface area contributed by atoms with Gasteiger partial charge in [-0.15, -0.1) is 12.4 Å². The summed E-state index contributed by atoms with van der Waals surface area (Å²) in [6.07, 6.45) is 3.05. The van der Waals surface area contributed by atoms with Gasteiger partial charge in [0.1, 0.15) is 11.6 Å². The van der Waals surface area contributed by atoms with Gasteiger partial charge in [0.2, 0.25) is 0 Å². The van der Waals surface area contributed by atoms with Gasteiger partial charge in [-0.25, -0.2) is 14.8 Å². The predicted octanol–water partition coefficient (Wildman–Crippen LogP) is 3.45. The molecular weight excluding hydrogens is 302 g/mol. The molecule has 0 unspecified atom stereocenters. The molecule has 22 heavy (non-hydrogen) atoms. The zero-order valence-electron chi connectivity index (χ0n) is 12.5. The third-order valence-corrected chi connectivity index (χ3v) is 3.78. The summed E-state index contributed by atoms with van der Waals surface area (Å²) in [6.45, 7) is 3.83. The second-order valence-electron chi connectivity index (χ2n) is 5.36. The van der Waals surface area contributed by atoms with E-state index in [0.717, 1.165) is 53.4 Å². The first kappa shape index (κ1) is 16.2. The molecule has 5 nitrogen and oxygen atoms in total. The largest absolute Gasteiger partial charge is 0.478 e. The van der Waals surface area contributed by atoms with Crippen LogP contribution in [0, 0.1) is 13.8 Å². The molecule has 1 heterocycles. The van der Waals surface area contributed by atoms with E-state index in [-0.39, 0.29) is 18.0 Å². The van der Waals surface area contributed by atoms with Crippen molar-refractivity contribution in [2.24, 2.45) is 0 Å². The minimum atomic E-state index is -0.929. The van der Waals surface area contributed by atoms with Crippen LogP contribution in [0.1, 0.15) is 39.4 Å². The van der Waals surface area contributed by atoms with Crippen molar-refractivity contribution in [1.29, 1.82) is 0 Å². The van der Waals surface area contributed by atoms with Gasteiger partial charge in [0.25, 0.3) is 0 Å². The summed E-state index contributed by atoms with van der Waals surface area (Å²) in [5.41, 5.74) is 4.30. The van der Waals surface area contributed by atoms with Gasteiger partial charge in [-0.1, -0.05) is 6.07 Å². The van der Waals surface area contributed by atoms with E-state index in [1.165, 1.54) is 0 Å². The Morgan fingerprint density at radius 1 is 1.23 bits per heavy atom. The Morgan fingerprint density at radius 3 is 2.73 bits per heavy atom. The quantitative estimate of drug-likeness (QED) is 0.906. The highest BCUT2D eigenvalue weighted by molar-refractivity contribution is 5.89. The van der Waals surface area contributed by atoms with Crippen LogP contribution in [-0.2, 0) is 12.8 Å². The third kappa shape index (κ3) is 3.04. The number of aryl methyl sites for hydroxylation is 3. The minimum absolute atomic E-state index is 0. The number of carbonyl (C=O) groups is 1. The summed E-state index contributed by atoms with van der Waals surface area (Å²) in [6, 6.07) is 5.06. The smallest absolute Gasteiger partial charge is 0.335 e. The SMILES string of the molecule is Cc1nc2c(c(Nc3cc(C(=O)O)ccc3C)n1)CCC2.Cl. The molecule has 0 spiro atoms. The molecule has 0 radical (unpaired) electrons. The van der Waals surface area contributed by atoms with E-state index in [4.69, 9.17) is 5.11 Å². The van der Waals surface area contributed by atoms with Crippen LogP contribution in [0.5, 0.6) is 0 Å². The van der Waals surface area contributed by atoms with Gasteiger partial charge in [0, 0.05) is 16.9 Å². The Bertz CT molecular complexity index is 732. The number of hydrogen-bond donors (Lipinski definition) is 2. The Hall–Kier alpha value is -2.14. The van der Waals surface area contributed by atoms with E-state index in [1.54, 1.807) is 18.2 Å². The van der Waals surface area contributed by atoms with Crippen molar-refractivity contribution in [2.45, 2.75) is 33.1 Å². The van der Waals surface area contributed by atoms with Gasteiger partial charge in [0.05, 0.1) is 5.56 Å². The van der Waals surface area contributed by atoms with Crippen molar-refractivity contribution in [1.82, 2.24) is 9.97 Å². The molecule has 0 saturated carbocycles. The highest BCUT2D eigenvalue weighted by Crippen LogP contribution is 2.29. The van der Waals surface area contributed by atoms with Crippen LogP contribution in [0.3, 0.4) is 0 Å². The highest BCUT2D eigenvalue weighted by Gasteiger charge is 2.19. The maximum absolute atomic E-state index is 11.1. The zero-order valence-corrected chi connectivity index (χ0v) is 13.3. The first-order valence-electron chi connectivity index (χ1n) is 7.02. The third-order valence-electron chi connectivity index (χ3n) is 3.78.